The van der Waals surface area contributed by atoms with E-state index in [1.165, 1.54) is 6.07 Å². The molecule has 1 saturated heterocycles. The van der Waals surface area contributed by atoms with Crippen molar-refractivity contribution in [2.24, 2.45) is 0 Å². The Morgan fingerprint density at radius 2 is 2.00 bits per heavy atom. The molecule has 1 fully saturated rings. The van der Waals surface area contributed by atoms with Crippen LogP contribution in [0.3, 0.4) is 0 Å². The van der Waals surface area contributed by atoms with Crippen molar-refractivity contribution in [3.63, 3.8) is 0 Å². The highest BCUT2D eigenvalue weighted by molar-refractivity contribution is 5.98. The van der Waals surface area contributed by atoms with Crippen LogP contribution >= 0.6 is 0 Å². The van der Waals surface area contributed by atoms with Gasteiger partial charge in [0.05, 0.1) is 5.56 Å². The first-order chi connectivity index (χ1) is 10.8. The number of esters is 2. The molecule has 2 rings (SSSR count). The molecule has 5 nitrogen and oxygen atoms in total. The zero-order valence-corrected chi connectivity index (χ0v) is 11.8. The predicted octanol–water partition coefficient (Wildman–Crippen LogP) is 2.20. The summed E-state index contributed by atoms with van der Waals surface area (Å²) in [5.41, 5.74) is -0.781. The normalized spacial score (nSPS) is 18.3. The summed E-state index contributed by atoms with van der Waals surface area (Å²) >= 11 is 0. The van der Waals surface area contributed by atoms with Crippen LogP contribution in [-0.4, -0.2) is 37.3 Å². The summed E-state index contributed by atoms with van der Waals surface area (Å²) in [6.45, 7) is 1.46. The van der Waals surface area contributed by atoms with Crippen molar-refractivity contribution in [1.82, 2.24) is 5.32 Å². The van der Waals surface area contributed by atoms with Crippen molar-refractivity contribution in [1.29, 1.82) is 0 Å². The number of ether oxygens (including phenoxy) is 2. The van der Waals surface area contributed by atoms with Crippen molar-refractivity contribution in [3.05, 3.63) is 29.6 Å². The molecule has 0 amide bonds. The molecular formula is C14H13F4NO4. The molecule has 9 heteroatoms. The molecule has 0 bridgehead atoms. The molecule has 1 aliphatic heterocycles. The number of rotatable bonds is 3. The second-order valence-electron chi connectivity index (χ2n) is 4.90. The molecule has 23 heavy (non-hydrogen) atoms. The second-order valence-corrected chi connectivity index (χ2v) is 4.90. The summed E-state index contributed by atoms with van der Waals surface area (Å²) in [6, 6.07) is 3.00. The van der Waals surface area contributed by atoms with Gasteiger partial charge in [-0.15, -0.1) is 0 Å². The van der Waals surface area contributed by atoms with Gasteiger partial charge in [-0.2, -0.15) is 13.2 Å². The van der Waals surface area contributed by atoms with E-state index in [9.17, 15) is 27.2 Å². The van der Waals surface area contributed by atoms with Crippen LogP contribution in [0.2, 0.25) is 0 Å². The molecule has 1 unspecified atom stereocenters. The van der Waals surface area contributed by atoms with E-state index in [0.717, 1.165) is 31.5 Å². The van der Waals surface area contributed by atoms with Crippen molar-refractivity contribution in [2.45, 2.75) is 25.1 Å². The molecule has 1 heterocycles. The van der Waals surface area contributed by atoms with Crippen molar-refractivity contribution in [2.75, 3.05) is 13.1 Å². The number of nitrogens with one attached hydrogen (secondary N) is 1. The standard InChI is InChI=1S/C14H13F4NO4/c15-11-6-8(22-9-2-1-5-19-7-9)3-4-10(11)12(20)23-13(21)14(16,17)18/h3-4,6,9,19H,1-2,5,7H2. The van der Waals surface area contributed by atoms with Crippen LogP contribution in [0.15, 0.2) is 18.2 Å². The smallest absolute Gasteiger partial charge is 0.489 e. The van der Waals surface area contributed by atoms with Crippen LogP contribution in [0.5, 0.6) is 5.75 Å². The molecule has 0 aromatic heterocycles. The number of carbonyl (C=O) groups is 2. The number of carbonyl (C=O) groups excluding carboxylic acids is 2. The Morgan fingerprint density at radius 1 is 1.26 bits per heavy atom. The molecule has 0 spiro atoms. The van der Waals surface area contributed by atoms with E-state index >= 15 is 0 Å². The Labute approximate surface area is 128 Å². The lowest BCUT2D eigenvalue weighted by Crippen LogP contribution is -2.37. The van der Waals surface area contributed by atoms with Gasteiger partial charge in [0, 0.05) is 12.6 Å². The van der Waals surface area contributed by atoms with Crippen LogP contribution in [0.25, 0.3) is 0 Å². The summed E-state index contributed by atoms with van der Waals surface area (Å²) in [5, 5.41) is 3.10. The van der Waals surface area contributed by atoms with Gasteiger partial charge >= 0.3 is 18.1 Å². The summed E-state index contributed by atoms with van der Waals surface area (Å²) in [5.74, 6) is -5.41. The zero-order valence-electron chi connectivity index (χ0n) is 11.8. The predicted molar refractivity (Wildman–Crippen MR) is 69.4 cm³/mol. The highest BCUT2D eigenvalue weighted by Crippen LogP contribution is 2.22. The lowest BCUT2D eigenvalue weighted by atomic mass is 10.1. The number of benzene rings is 1. The van der Waals surface area contributed by atoms with Gasteiger partial charge in [0.1, 0.15) is 17.7 Å². The molecule has 1 aliphatic rings. The maximum atomic E-state index is 13.8. The fourth-order valence-electron chi connectivity index (χ4n) is 2.04. The summed E-state index contributed by atoms with van der Waals surface area (Å²) in [4.78, 5) is 22.0. The fourth-order valence-corrected chi connectivity index (χ4v) is 2.04. The lowest BCUT2D eigenvalue weighted by molar-refractivity contribution is -0.193. The SMILES string of the molecule is O=C(OC(=O)C(F)(F)F)c1ccc(OC2CCCNC2)cc1F. The Morgan fingerprint density at radius 3 is 2.57 bits per heavy atom. The molecule has 1 atom stereocenters. The minimum Gasteiger partial charge on any atom is -0.489 e. The topological polar surface area (TPSA) is 64.6 Å². The minimum atomic E-state index is -5.33. The fraction of sp³-hybridized carbons (Fsp3) is 0.429. The van der Waals surface area contributed by atoms with Gasteiger partial charge in [0.25, 0.3) is 0 Å². The first kappa shape index (κ1) is 17.2. The average molecular weight is 335 g/mol. The average Bonchev–Trinajstić information content (AvgIpc) is 2.47. The molecular weight excluding hydrogens is 322 g/mol. The zero-order chi connectivity index (χ0) is 17.0. The molecule has 1 aromatic carbocycles. The molecule has 1 aromatic rings. The quantitative estimate of drug-likeness (QED) is 0.521. The monoisotopic (exact) mass is 335 g/mol. The van der Waals surface area contributed by atoms with Crippen molar-refractivity contribution in [3.8, 4) is 5.75 Å². The third-order valence-electron chi connectivity index (χ3n) is 3.13. The molecule has 0 saturated carbocycles. The Hall–Kier alpha value is -2.16. The van der Waals surface area contributed by atoms with E-state index < -0.39 is 29.5 Å². The largest absolute Gasteiger partial charge is 0.491 e. The van der Waals surface area contributed by atoms with Gasteiger partial charge in [-0.1, -0.05) is 0 Å². The lowest BCUT2D eigenvalue weighted by Gasteiger charge is -2.24. The van der Waals surface area contributed by atoms with Gasteiger partial charge in [-0.05, 0) is 31.5 Å². The Balaban J connectivity index is 2.03. The number of alkyl halides is 3. The number of hydrogen-bond acceptors (Lipinski definition) is 5. The molecule has 0 aliphatic carbocycles. The minimum absolute atomic E-state index is 0.134. The maximum Gasteiger partial charge on any atom is 0.491 e. The third-order valence-corrected chi connectivity index (χ3v) is 3.13. The first-order valence-electron chi connectivity index (χ1n) is 6.77. The van der Waals surface area contributed by atoms with Crippen LogP contribution in [0, 0.1) is 5.82 Å². The van der Waals surface area contributed by atoms with Crippen LogP contribution in [-0.2, 0) is 9.53 Å². The van der Waals surface area contributed by atoms with Gasteiger partial charge < -0.3 is 14.8 Å². The van der Waals surface area contributed by atoms with Crippen molar-refractivity contribution < 1.29 is 36.6 Å². The molecule has 0 radical (unpaired) electrons. The van der Waals surface area contributed by atoms with Crippen LogP contribution < -0.4 is 10.1 Å². The molecule has 1 N–H and O–H groups in total. The summed E-state index contributed by atoms with van der Waals surface area (Å²) in [7, 11) is 0. The van der Waals surface area contributed by atoms with E-state index in [4.69, 9.17) is 4.74 Å². The highest BCUT2D eigenvalue weighted by Gasteiger charge is 2.42. The van der Waals surface area contributed by atoms with Gasteiger partial charge in [0.15, 0.2) is 0 Å². The van der Waals surface area contributed by atoms with E-state index in [1.807, 2.05) is 0 Å². The molecule has 126 valence electrons. The maximum absolute atomic E-state index is 13.8. The highest BCUT2D eigenvalue weighted by atomic mass is 19.4. The van der Waals surface area contributed by atoms with Crippen molar-refractivity contribution >= 4 is 11.9 Å². The van der Waals surface area contributed by atoms with E-state index in [2.05, 4.69) is 10.1 Å². The van der Waals surface area contributed by atoms with E-state index in [1.54, 1.807) is 0 Å². The second kappa shape index (κ2) is 6.95. The first-order valence-corrected chi connectivity index (χ1v) is 6.77. The number of hydrogen-bond donors (Lipinski definition) is 1. The number of piperidine rings is 1. The summed E-state index contributed by atoms with van der Waals surface area (Å²) in [6.07, 6.45) is -3.81. The van der Waals surface area contributed by atoms with Crippen LogP contribution in [0.1, 0.15) is 23.2 Å². The van der Waals surface area contributed by atoms with E-state index in [-0.39, 0.29) is 11.9 Å². The van der Waals surface area contributed by atoms with Gasteiger partial charge in [-0.25, -0.2) is 14.0 Å². The van der Waals surface area contributed by atoms with E-state index in [0.29, 0.717) is 6.54 Å². The van der Waals surface area contributed by atoms with Gasteiger partial charge in [-0.3, -0.25) is 0 Å². The number of halogens is 4. The van der Waals surface area contributed by atoms with Crippen LogP contribution in [0.4, 0.5) is 17.6 Å². The Bertz CT molecular complexity index is 597. The van der Waals surface area contributed by atoms with Gasteiger partial charge in [0.2, 0.25) is 0 Å². The third kappa shape index (κ3) is 4.65. The summed E-state index contributed by atoms with van der Waals surface area (Å²) < 4.78 is 58.9. The Kier molecular flexibility index (Phi) is 5.19.